The summed E-state index contributed by atoms with van der Waals surface area (Å²) in [4.78, 5) is 15.2. The van der Waals surface area contributed by atoms with E-state index < -0.39 is 0 Å². The normalized spacial score (nSPS) is 11.0. The maximum absolute atomic E-state index is 13.7. The maximum atomic E-state index is 13.7. The molecule has 5 nitrogen and oxygen atoms in total. The zero-order valence-corrected chi connectivity index (χ0v) is 10.6. The van der Waals surface area contributed by atoms with Crippen molar-refractivity contribution in [1.29, 1.82) is 0 Å². The number of hydrogen-bond donors (Lipinski definition) is 2. The fraction of sp³-hybridized carbons (Fsp3) is 0.0833. The Hall–Kier alpha value is -2.15. The minimum absolute atomic E-state index is 0.303. The lowest BCUT2D eigenvalue weighted by Crippen LogP contribution is -1.92. The highest BCUT2D eigenvalue weighted by atomic mass is 32.2. The molecule has 19 heavy (non-hydrogen) atoms. The monoisotopic (exact) mass is 275 g/mol. The van der Waals surface area contributed by atoms with E-state index in [0.29, 0.717) is 22.7 Å². The topological polar surface area (TPSA) is 80.5 Å². The molecule has 0 bridgehead atoms. The molecule has 0 amide bonds. The van der Waals surface area contributed by atoms with Crippen molar-refractivity contribution in [3.05, 3.63) is 42.2 Å². The summed E-state index contributed by atoms with van der Waals surface area (Å²) in [5.41, 5.74) is 7.90. The number of anilines is 1. The summed E-state index contributed by atoms with van der Waals surface area (Å²) < 4.78 is 13.7. The number of nitrogens with zero attached hydrogens (tertiary/aromatic N) is 3. The smallest absolute Gasteiger partial charge is 0.181 e. The molecule has 0 spiro atoms. The predicted molar refractivity (Wildman–Crippen MR) is 72.1 cm³/mol. The summed E-state index contributed by atoms with van der Waals surface area (Å²) in [6, 6.07) is 4.69. The zero-order chi connectivity index (χ0) is 13.2. The Bertz CT molecular complexity index is 727. The molecular formula is C12H10FN5S. The zero-order valence-electron chi connectivity index (χ0n) is 9.80. The number of imidazole rings is 1. The molecule has 0 aliphatic rings. The fourth-order valence-corrected chi connectivity index (χ4v) is 2.62. The third kappa shape index (κ3) is 2.37. The van der Waals surface area contributed by atoms with E-state index in [1.807, 2.05) is 0 Å². The third-order valence-electron chi connectivity index (χ3n) is 2.63. The molecule has 0 saturated heterocycles. The molecule has 2 aromatic heterocycles. The Morgan fingerprint density at radius 3 is 3.00 bits per heavy atom. The highest BCUT2D eigenvalue weighted by Gasteiger charge is 2.08. The molecule has 3 N–H and O–H groups in total. The number of aromatic amines is 1. The number of thioether (sulfide) groups is 1. The molecule has 0 radical (unpaired) electrons. The Morgan fingerprint density at radius 1 is 1.26 bits per heavy atom. The predicted octanol–water partition coefficient (Wildman–Crippen LogP) is 2.37. The minimum Gasteiger partial charge on any atom is -0.399 e. The number of rotatable bonds is 3. The van der Waals surface area contributed by atoms with Crippen LogP contribution in [-0.2, 0) is 5.75 Å². The van der Waals surface area contributed by atoms with Crippen LogP contribution in [0.1, 0.15) is 5.56 Å². The van der Waals surface area contributed by atoms with Crippen LogP contribution in [0.15, 0.2) is 35.9 Å². The molecule has 96 valence electrons. The lowest BCUT2D eigenvalue weighted by molar-refractivity contribution is 0.618. The maximum Gasteiger partial charge on any atom is 0.181 e. The second-order valence-electron chi connectivity index (χ2n) is 3.92. The van der Waals surface area contributed by atoms with Gasteiger partial charge in [0, 0.05) is 11.4 Å². The lowest BCUT2D eigenvalue weighted by Gasteiger charge is -2.04. The average molecular weight is 275 g/mol. The molecule has 3 rings (SSSR count). The van der Waals surface area contributed by atoms with Crippen molar-refractivity contribution >= 4 is 28.6 Å². The molecule has 0 aliphatic carbocycles. The van der Waals surface area contributed by atoms with E-state index in [0.717, 1.165) is 10.5 Å². The molecule has 0 unspecified atom stereocenters. The Morgan fingerprint density at radius 2 is 2.16 bits per heavy atom. The quantitative estimate of drug-likeness (QED) is 0.436. The van der Waals surface area contributed by atoms with Gasteiger partial charge in [0.25, 0.3) is 0 Å². The van der Waals surface area contributed by atoms with Crippen molar-refractivity contribution in [2.45, 2.75) is 10.8 Å². The summed E-state index contributed by atoms with van der Waals surface area (Å²) in [5.74, 6) is 0.166. The molecular weight excluding hydrogens is 265 g/mol. The number of halogens is 1. The van der Waals surface area contributed by atoms with Crippen molar-refractivity contribution in [1.82, 2.24) is 19.9 Å². The first-order valence-electron chi connectivity index (χ1n) is 5.55. The van der Waals surface area contributed by atoms with Crippen LogP contribution in [0.5, 0.6) is 0 Å². The summed E-state index contributed by atoms with van der Waals surface area (Å²) in [6.45, 7) is 0. The second-order valence-corrected chi connectivity index (χ2v) is 4.88. The average Bonchev–Trinajstić information content (AvgIpc) is 2.86. The summed E-state index contributed by atoms with van der Waals surface area (Å²) in [6.07, 6.45) is 3.01. The van der Waals surface area contributed by atoms with Crippen molar-refractivity contribution in [3.8, 4) is 0 Å². The van der Waals surface area contributed by atoms with Crippen molar-refractivity contribution in [2.24, 2.45) is 0 Å². The van der Waals surface area contributed by atoms with Crippen molar-refractivity contribution in [3.63, 3.8) is 0 Å². The van der Waals surface area contributed by atoms with Gasteiger partial charge in [-0.15, -0.1) is 0 Å². The van der Waals surface area contributed by atoms with Gasteiger partial charge in [-0.05, 0) is 17.7 Å². The van der Waals surface area contributed by atoms with Crippen LogP contribution in [0, 0.1) is 5.82 Å². The van der Waals surface area contributed by atoms with E-state index in [2.05, 4.69) is 19.9 Å². The van der Waals surface area contributed by atoms with Crippen LogP contribution in [0.2, 0.25) is 0 Å². The first-order valence-corrected chi connectivity index (χ1v) is 6.53. The van der Waals surface area contributed by atoms with Gasteiger partial charge in [-0.3, -0.25) is 0 Å². The first-order chi connectivity index (χ1) is 9.24. The molecule has 0 aliphatic heterocycles. The SMILES string of the molecule is Nc1ccc(CSc2ncnc3nc[nH]c23)c(F)c1. The van der Waals surface area contributed by atoms with E-state index in [1.165, 1.54) is 24.2 Å². The first kappa shape index (κ1) is 11.9. The van der Waals surface area contributed by atoms with Crippen molar-refractivity contribution in [2.75, 3.05) is 5.73 Å². The lowest BCUT2D eigenvalue weighted by atomic mass is 10.2. The van der Waals surface area contributed by atoms with Crippen LogP contribution >= 0.6 is 11.8 Å². The molecule has 0 atom stereocenters. The molecule has 0 fully saturated rings. The van der Waals surface area contributed by atoms with Crippen LogP contribution in [0.25, 0.3) is 11.2 Å². The molecule has 0 saturated carbocycles. The Balaban J connectivity index is 1.84. The number of H-pyrrole nitrogens is 1. The second kappa shape index (κ2) is 4.85. The summed E-state index contributed by atoms with van der Waals surface area (Å²) >= 11 is 1.42. The van der Waals surface area contributed by atoms with Gasteiger partial charge < -0.3 is 10.7 Å². The highest BCUT2D eigenvalue weighted by Crippen LogP contribution is 2.26. The highest BCUT2D eigenvalue weighted by molar-refractivity contribution is 7.98. The molecule has 1 aromatic carbocycles. The number of benzene rings is 1. The van der Waals surface area contributed by atoms with E-state index >= 15 is 0 Å². The van der Waals surface area contributed by atoms with Gasteiger partial charge in [0.15, 0.2) is 5.65 Å². The van der Waals surface area contributed by atoms with Gasteiger partial charge in [0.1, 0.15) is 22.7 Å². The Kier molecular flexibility index (Phi) is 3.04. The number of nitrogens with one attached hydrogen (secondary N) is 1. The fourth-order valence-electron chi connectivity index (χ4n) is 1.68. The molecule has 2 heterocycles. The van der Waals surface area contributed by atoms with Gasteiger partial charge >= 0.3 is 0 Å². The van der Waals surface area contributed by atoms with E-state index in [4.69, 9.17) is 5.73 Å². The number of aromatic nitrogens is 4. The number of hydrogen-bond acceptors (Lipinski definition) is 5. The van der Waals surface area contributed by atoms with Gasteiger partial charge in [0.2, 0.25) is 0 Å². The van der Waals surface area contributed by atoms with Gasteiger partial charge in [-0.1, -0.05) is 17.8 Å². The van der Waals surface area contributed by atoms with E-state index in [9.17, 15) is 4.39 Å². The summed E-state index contributed by atoms with van der Waals surface area (Å²) in [7, 11) is 0. The largest absolute Gasteiger partial charge is 0.399 e. The Labute approximate surface area is 112 Å². The number of fused-ring (bicyclic) bond motifs is 1. The summed E-state index contributed by atoms with van der Waals surface area (Å²) in [5, 5.41) is 0.749. The molecule has 3 aromatic rings. The van der Waals surface area contributed by atoms with Crippen molar-refractivity contribution < 1.29 is 4.39 Å². The van der Waals surface area contributed by atoms with E-state index in [-0.39, 0.29) is 5.82 Å². The standard InChI is InChI=1S/C12H10FN5S/c13-9-3-8(14)2-1-7(9)4-19-12-10-11(16-5-15-10)17-6-18-12/h1-3,5-6H,4,14H2,(H,15,16,17,18). The van der Waals surface area contributed by atoms with Crippen LogP contribution < -0.4 is 5.73 Å². The van der Waals surface area contributed by atoms with E-state index in [1.54, 1.807) is 18.5 Å². The third-order valence-corrected chi connectivity index (χ3v) is 3.67. The minimum atomic E-state index is -0.303. The molecule has 7 heteroatoms. The van der Waals surface area contributed by atoms with Crippen LogP contribution in [0.4, 0.5) is 10.1 Å². The van der Waals surface area contributed by atoms with Gasteiger partial charge in [-0.2, -0.15) is 0 Å². The van der Waals surface area contributed by atoms with Crippen LogP contribution in [-0.4, -0.2) is 19.9 Å². The number of nitrogens with two attached hydrogens (primary N) is 1. The van der Waals surface area contributed by atoms with Gasteiger partial charge in [-0.25, -0.2) is 19.3 Å². The van der Waals surface area contributed by atoms with Gasteiger partial charge in [0.05, 0.1) is 6.33 Å². The number of nitrogen functional groups attached to an aromatic ring is 1. The van der Waals surface area contributed by atoms with Crippen LogP contribution in [0.3, 0.4) is 0 Å².